The molecule has 8 heteroatoms. The Kier molecular flexibility index (Phi) is 4.00. The molecule has 0 aliphatic heterocycles. The Hall–Kier alpha value is 0.200. The molecule has 12 heavy (non-hydrogen) atoms. The van der Waals surface area contributed by atoms with Gasteiger partial charge in [-0.15, -0.1) is 11.6 Å². The van der Waals surface area contributed by atoms with Crippen LogP contribution in [0.15, 0.2) is 4.40 Å². The number of alkyl halides is 3. The molecule has 0 aromatic carbocycles. The summed E-state index contributed by atoms with van der Waals surface area (Å²) in [6.07, 6.45) is 0.828. The standard InChI is InChI=1S/C4H4Cl3NO3S/c1-3(5)4(6,7)12(10,11)8-2-9/h3H,1H3. The minimum Gasteiger partial charge on any atom is -0.210 e. The van der Waals surface area contributed by atoms with Gasteiger partial charge in [0.2, 0.25) is 0 Å². The van der Waals surface area contributed by atoms with Gasteiger partial charge in [0.15, 0.2) is 0 Å². The molecule has 4 nitrogen and oxygen atoms in total. The topological polar surface area (TPSA) is 63.6 Å². The van der Waals surface area contributed by atoms with E-state index in [0.717, 1.165) is 6.08 Å². The largest absolute Gasteiger partial charge is 0.299 e. The highest BCUT2D eigenvalue weighted by Gasteiger charge is 2.45. The molecule has 0 aliphatic rings. The van der Waals surface area contributed by atoms with E-state index in [2.05, 4.69) is 4.40 Å². The van der Waals surface area contributed by atoms with Gasteiger partial charge in [-0.3, -0.25) is 0 Å². The fourth-order valence-corrected chi connectivity index (χ4v) is 1.49. The van der Waals surface area contributed by atoms with E-state index in [1.807, 2.05) is 0 Å². The SMILES string of the molecule is CC(Cl)C(Cl)(Cl)S(=O)(=O)N=C=O. The van der Waals surface area contributed by atoms with Gasteiger partial charge in [0.1, 0.15) is 0 Å². The number of hydrogen-bond acceptors (Lipinski definition) is 3. The Bertz CT molecular complexity index is 304. The third-order valence-electron chi connectivity index (χ3n) is 0.964. The summed E-state index contributed by atoms with van der Waals surface area (Å²) in [5.41, 5.74) is 0. The van der Waals surface area contributed by atoms with E-state index in [9.17, 15) is 13.2 Å². The second-order valence-electron chi connectivity index (χ2n) is 1.84. The van der Waals surface area contributed by atoms with E-state index in [0.29, 0.717) is 0 Å². The van der Waals surface area contributed by atoms with Crippen LogP contribution >= 0.6 is 34.8 Å². The summed E-state index contributed by atoms with van der Waals surface area (Å²) >= 11 is 16.0. The van der Waals surface area contributed by atoms with E-state index in [1.165, 1.54) is 6.92 Å². The second kappa shape index (κ2) is 3.94. The summed E-state index contributed by atoms with van der Waals surface area (Å²) in [5, 5.41) is -1.09. The number of rotatable bonds is 3. The van der Waals surface area contributed by atoms with Crippen molar-refractivity contribution in [3.05, 3.63) is 0 Å². The Balaban J connectivity index is 5.17. The molecule has 0 aromatic heterocycles. The number of nitrogens with zero attached hydrogens (tertiary/aromatic N) is 1. The first-order valence-corrected chi connectivity index (χ1v) is 5.24. The van der Waals surface area contributed by atoms with Gasteiger partial charge in [-0.2, -0.15) is 0 Å². The third-order valence-corrected chi connectivity index (χ3v) is 4.83. The monoisotopic (exact) mass is 251 g/mol. The van der Waals surface area contributed by atoms with Crippen LogP contribution < -0.4 is 0 Å². The van der Waals surface area contributed by atoms with Crippen molar-refractivity contribution in [3.8, 4) is 0 Å². The molecule has 0 aromatic rings. The Morgan fingerprint density at radius 3 is 2.17 bits per heavy atom. The smallest absolute Gasteiger partial charge is 0.210 e. The first-order chi connectivity index (χ1) is 5.25. The Labute approximate surface area is 84.6 Å². The van der Waals surface area contributed by atoms with Crippen LogP contribution in [0.25, 0.3) is 0 Å². The van der Waals surface area contributed by atoms with E-state index < -0.39 is 19.1 Å². The van der Waals surface area contributed by atoms with Crippen LogP contribution in [-0.2, 0) is 14.8 Å². The molecule has 0 spiro atoms. The molecule has 0 heterocycles. The van der Waals surface area contributed by atoms with E-state index in [4.69, 9.17) is 34.8 Å². The number of hydrogen-bond donors (Lipinski definition) is 0. The van der Waals surface area contributed by atoms with Crippen molar-refractivity contribution in [2.75, 3.05) is 0 Å². The van der Waals surface area contributed by atoms with Crippen molar-refractivity contribution in [1.82, 2.24) is 0 Å². The molecule has 0 saturated carbocycles. The summed E-state index contributed by atoms with van der Waals surface area (Å²) in [6.45, 7) is 1.26. The number of carbonyl (C=O) groups excluding carboxylic acids is 1. The highest BCUT2D eigenvalue weighted by atomic mass is 35.5. The van der Waals surface area contributed by atoms with Gasteiger partial charge in [0.25, 0.3) is 19.8 Å². The lowest BCUT2D eigenvalue weighted by Gasteiger charge is -2.17. The Morgan fingerprint density at radius 2 is 1.92 bits per heavy atom. The van der Waals surface area contributed by atoms with E-state index >= 15 is 0 Å². The van der Waals surface area contributed by atoms with Crippen LogP contribution in [0.1, 0.15) is 6.92 Å². The highest BCUT2D eigenvalue weighted by molar-refractivity contribution is 7.94. The van der Waals surface area contributed by atoms with Gasteiger partial charge < -0.3 is 0 Å². The van der Waals surface area contributed by atoms with Crippen LogP contribution in [-0.4, -0.2) is 23.5 Å². The molecule has 1 unspecified atom stereocenters. The second-order valence-corrected chi connectivity index (χ2v) is 6.10. The van der Waals surface area contributed by atoms with Gasteiger partial charge in [0.05, 0.1) is 5.38 Å². The molecule has 0 rings (SSSR count). The molecule has 0 bridgehead atoms. The first kappa shape index (κ1) is 12.2. The summed E-state index contributed by atoms with van der Waals surface area (Å²) in [7, 11) is -4.31. The Morgan fingerprint density at radius 1 is 1.50 bits per heavy atom. The molecular formula is C4H4Cl3NO3S. The van der Waals surface area contributed by atoms with Crippen molar-refractivity contribution in [2.24, 2.45) is 4.40 Å². The van der Waals surface area contributed by atoms with E-state index in [-0.39, 0.29) is 0 Å². The zero-order chi connectivity index (χ0) is 9.99. The third kappa shape index (κ3) is 2.34. The molecule has 0 saturated heterocycles. The zero-order valence-corrected chi connectivity index (χ0v) is 8.88. The van der Waals surface area contributed by atoms with Gasteiger partial charge in [-0.05, 0) is 6.92 Å². The lowest BCUT2D eigenvalue weighted by Crippen LogP contribution is -2.32. The summed E-state index contributed by atoms with van der Waals surface area (Å²) in [5.74, 6) is 0. The van der Waals surface area contributed by atoms with Crippen molar-refractivity contribution in [2.45, 2.75) is 16.0 Å². The van der Waals surface area contributed by atoms with Gasteiger partial charge in [-0.25, -0.2) is 13.2 Å². The van der Waals surface area contributed by atoms with Crippen molar-refractivity contribution in [3.63, 3.8) is 0 Å². The van der Waals surface area contributed by atoms with Gasteiger partial charge in [-0.1, -0.05) is 27.6 Å². The predicted molar refractivity (Wildman–Crippen MR) is 46.8 cm³/mol. The molecule has 0 N–H and O–H groups in total. The van der Waals surface area contributed by atoms with Crippen molar-refractivity contribution >= 4 is 50.9 Å². The van der Waals surface area contributed by atoms with Crippen LogP contribution in [0, 0.1) is 0 Å². The quantitative estimate of drug-likeness (QED) is 0.433. The highest BCUT2D eigenvalue weighted by Crippen LogP contribution is 2.35. The summed E-state index contributed by atoms with van der Waals surface area (Å²) in [6, 6.07) is 0. The van der Waals surface area contributed by atoms with E-state index in [1.54, 1.807) is 0 Å². The fraction of sp³-hybridized carbons (Fsp3) is 0.750. The number of halogens is 3. The fourth-order valence-electron chi connectivity index (χ4n) is 0.315. The normalized spacial score (nSPS) is 15.0. The molecule has 0 amide bonds. The maximum atomic E-state index is 10.9. The average molecular weight is 253 g/mol. The van der Waals surface area contributed by atoms with Gasteiger partial charge in [0, 0.05) is 0 Å². The van der Waals surface area contributed by atoms with Crippen molar-refractivity contribution < 1.29 is 13.2 Å². The molecule has 0 aliphatic carbocycles. The lowest BCUT2D eigenvalue weighted by atomic mass is 10.5. The summed E-state index contributed by atoms with van der Waals surface area (Å²) < 4.78 is 22.0. The number of sulfonamides is 1. The number of isocyanates is 1. The molecular weight excluding hydrogens is 248 g/mol. The van der Waals surface area contributed by atoms with Crippen molar-refractivity contribution in [1.29, 1.82) is 0 Å². The molecule has 1 atom stereocenters. The van der Waals surface area contributed by atoms with Crippen LogP contribution in [0.2, 0.25) is 0 Å². The zero-order valence-electron chi connectivity index (χ0n) is 5.79. The first-order valence-electron chi connectivity index (χ1n) is 2.61. The minimum absolute atomic E-state index is 0.828. The molecule has 70 valence electrons. The van der Waals surface area contributed by atoms with Crippen LogP contribution in [0.5, 0.6) is 0 Å². The van der Waals surface area contributed by atoms with Crippen LogP contribution in [0.3, 0.4) is 0 Å². The van der Waals surface area contributed by atoms with Gasteiger partial charge >= 0.3 is 0 Å². The lowest BCUT2D eigenvalue weighted by molar-refractivity contribution is 0.562. The molecule has 0 radical (unpaired) electrons. The average Bonchev–Trinajstić information content (AvgIpc) is 1.86. The predicted octanol–water partition coefficient (Wildman–Crippen LogP) is 1.41. The maximum Gasteiger partial charge on any atom is 0.299 e. The minimum atomic E-state index is -4.31. The maximum absolute atomic E-state index is 10.9. The summed E-state index contributed by atoms with van der Waals surface area (Å²) in [4.78, 5) is 9.66. The van der Waals surface area contributed by atoms with Crippen LogP contribution in [0.4, 0.5) is 0 Å². The molecule has 0 fully saturated rings.